The molecule has 47 heavy (non-hydrogen) atoms. The third-order valence-electron chi connectivity index (χ3n) is 5.91. The van der Waals surface area contributed by atoms with Crippen LogP contribution in [0.4, 0.5) is 4.39 Å². The third-order valence-corrected chi connectivity index (χ3v) is 5.91. The van der Waals surface area contributed by atoms with Crippen molar-refractivity contribution < 1.29 is 42.5 Å². The predicted octanol–water partition coefficient (Wildman–Crippen LogP) is 6.77. The molecule has 0 N–H and O–H groups in total. The van der Waals surface area contributed by atoms with Gasteiger partial charge in [-0.3, -0.25) is 0 Å². The lowest BCUT2D eigenvalue weighted by Gasteiger charge is -2.16. The van der Waals surface area contributed by atoms with Gasteiger partial charge in [-0.05, 0) is 81.6 Å². The minimum Gasteiger partial charge on any atom is -0.423 e. The second-order valence-electron chi connectivity index (χ2n) is 10.2. The zero-order valence-corrected chi connectivity index (χ0v) is 26.2. The first-order valence-corrected chi connectivity index (χ1v) is 13.8. The summed E-state index contributed by atoms with van der Waals surface area (Å²) in [6.07, 6.45) is 2.29. The Morgan fingerprint density at radius 1 is 0.617 bits per heavy atom. The average Bonchev–Trinajstić information content (AvgIpc) is 3.02. The highest BCUT2D eigenvalue weighted by Crippen LogP contribution is 2.40. The van der Waals surface area contributed by atoms with Crippen molar-refractivity contribution in [2.24, 2.45) is 0 Å². The second kappa shape index (κ2) is 15.5. The fourth-order valence-corrected chi connectivity index (χ4v) is 3.37. The molecule has 0 amide bonds. The Labute approximate surface area is 271 Å². The molecule has 0 heterocycles. The van der Waals surface area contributed by atoms with Crippen molar-refractivity contribution in [3.63, 3.8) is 0 Å². The molecule has 3 aromatic carbocycles. The maximum atomic E-state index is 16.4. The van der Waals surface area contributed by atoms with Crippen LogP contribution in [0.1, 0.15) is 44.4 Å². The molecule has 0 saturated carbocycles. The van der Waals surface area contributed by atoms with Crippen molar-refractivity contribution >= 4 is 23.9 Å². The molecule has 0 fully saturated rings. The number of esters is 4. The predicted molar refractivity (Wildman–Crippen MR) is 173 cm³/mol. The quantitative estimate of drug-likeness (QED) is 0.116. The van der Waals surface area contributed by atoms with Gasteiger partial charge in [0, 0.05) is 39.0 Å². The van der Waals surface area contributed by atoms with Crippen molar-refractivity contribution in [2.75, 3.05) is 0 Å². The fraction of sp³-hybridized carbons (Fsp3) is 0.105. The van der Waals surface area contributed by atoms with E-state index < -0.39 is 35.4 Å². The van der Waals surface area contributed by atoms with Gasteiger partial charge in [-0.2, -0.15) is 0 Å². The van der Waals surface area contributed by atoms with Crippen LogP contribution in [0.25, 0.3) is 11.1 Å². The SMILES string of the molecule is C=C(C)C(=O)OC#Cc1ccc(C#Cc2c(OC(=O)C(=C)C)cc(-c3ccc(OC(=O)C(=C)C)cc3)c(OC(=O)C(=C)C)c2F)cc1. The number of hydrogen-bond acceptors (Lipinski definition) is 8. The summed E-state index contributed by atoms with van der Waals surface area (Å²) in [7, 11) is 0. The number of halogens is 1. The normalized spacial score (nSPS) is 9.72. The van der Waals surface area contributed by atoms with Gasteiger partial charge in [-0.1, -0.05) is 50.3 Å². The van der Waals surface area contributed by atoms with Gasteiger partial charge in [0.2, 0.25) is 0 Å². The maximum Gasteiger partial charge on any atom is 0.347 e. The van der Waals surface area contributed by atoms with Crippen LogP contribution in [0.2, 0.25) is 0 Å². The number of ether oxygens (including phenoxy) is 4. The Hall–Kier alpha value is -6.45. The largest absolute Gasteiger partial charge is 0.423 e. The van der Waals surface area contributed by atoms with Gasteiger partial charge in [0.05, 0.1) is 0 Å². The molecule has 0 aromatic heterocycles. The highest BCUT2D eigenvalue weighted by Gasteiger charge is 2.25. The summed E-state index contributed by atoms with van der Waals surface area (Å²) in [6.45, 7) is 20.0. The molecule has 8 nitrogen and oxygen atoms in total. The summed E-state index contributed by atoms with van der Waals surface area (Å²) in [5.74, 6) is 3.41. The molecule has 0 spiro atoms. The van der Waals surface area contributed by atoms with Crippen LogP contribution in [0, 0.1) is 29.7 Å². The first kappa shape index (κ1) is 35.0. The van der Waals surface area contributed by atoms with Crippen LogP contribution < -0.4 is 14.2 Å². The molecule has 236 valence electrons. The van der Waals surface area contributed by atoms with E-state index in [4.69, 9.17) is 18.9 Å². The Morgan fingerprint density at radius 3 is 1.64 bits per heavy atom. The smallest absolute Gasteiger partial charge is 0.347 e. The summed E-state index contributed by atoms with van der Waals surface area (Å²) in [4.78, 5) is 48.6. The zero-order chi connectivity index (χ0) is 34.8. The first-order valence-electron chi connectivity index (χ1n) is 13.8. The molecule has 3 aromatic rings. The summed E-state index contributed by atoms with van der Waals surface area (Å²) < 4.78 is 37.2. The molecule has 0 radical (unpaired) electrons. The van der Waals surface area contributed by atoms with Gasteiger partial charge in [0.1, 0.15) is 17.4 Å². The molecule has 0 aliphatic heterocycles. The van der Waals surface area contributed by atoms with E-state index in [1.807, 2.05) is 0 Å². The number of carbonyl (C=O) groups is 4. The number of carbonyl (C=O) groups excluding carboxylic acids is 4. The van der Waals surface area contributed by atoms with Gasteiger partial charge in [0.15, 0.2) is 17.3 Å². The average molecular weight is 633 g/mol. The van der Waals surface area contributed by atoms with Crippen LogP contribution in [0.15, 0.2) is 103 Å². The Balaban J connectivity index is 2.14. The van der Waals surface area contributed by atoms with Crippen LogP contribution in [-0.4, -0.2) is 23.9 Å². The maximum absolute atomic E-state index is 16.4. The highest BCUT2D eigenvalue weighted by atomic mass is 19.1. The van der Waals surface area contributed by atoms with E-state index in [1.54, 1.807) is 24.3 Å². The van der Waals surface area contributed by atoms with Crippen molar-refractivity contribution in [1.29, 1.82) is 0 Å². The molecule has 0 bridgehead atoms. The first-order chi connectivity index (χ1) is 22.2. The fourth-order valence-electron chi connectivity index (χ4n) is 3.37. The summed E-state index contributed by atoms with van der Waals surface area (Å²) >= 11 is 0. The van der Waals surface area contributed by atoms with Crippen LogP contribution in [0.3, 0.4) is 0 Å². The lowest BCUT2D eigenvalue weighted by atomic mass is 10.00. The van der Waals surface area contributed by atoms with Crippen LogP contribution >= 0.6 is 0 Å². The van der Waals surface area contributed by atoms with Crippen molar-refractivity contribution in [2.45, 2.75) is 27.7 Å². The molecule has 3 rings (SSSR count). The molecule has 0 aliphatic carbocycles. The van der Waals surface area contributed by atoms with Crippen molar-refractivity contribution in [1.82, 2.24) is 0 Å². The van der Waals surface area contributed by atoms with E-state index in [0.717, 1.165) is 0 Å². The monoisotopic (exact) mass is 632 g/mol. The number of hydrogen-bond donors (Lipinski definition) is 0. The molecular formula is C38H29FO8. The van der Waals surface area contributed by atoms with Crippen molar-refractivity contribution in [3.05, 3.63) is 126 Å². The van der Waals surface area contributed by atoms with Crippen LogP contribution in [-0.2, 0) is 23.9 Å². The highest BCUT2D eigenvalue weighted by molar-refractivity contribution is 5.92. The molecule has 0 saturated heterocycles. The lowest BCUT2D eigenvalue weighted by molar-refractivity contribution is -0.132. The van der Waals surface area contributed by atoms with E-state index in [-0.39, 0.29) is 44.9 Å². The molecule has 0 unspecified atom stereocenters. The summed E-state index contributed by atoms with van der Waals surface area (Å²) in [6, 6.07) is 13.6. The van der Waals surface area contributed by atoms with Crippen LogP contribution in [0.5, 0.6) is 17.2 Å². The Morgan fingerprint density at radius 2 is 1.11 bits per heavy atom. The zero-order valence-electron chi connectivity index (χ0n) is 26.2. The van der Waals surface area contributed by atoms with Crippen molar-refractivity contribution in [3.8, 4) is 52.2 Å². The van der Waals surface area contributed by atoms with E-state index >= 15 is 4.39 Å². The van der Waals surface area contributed by atoms with E-state index in [0.29, 0.717) is 16.7 Å². The summed E-state index contributed by atoms with van der Waals surface area (Å²) in [5.41, 5.74) is 1.34. The molecule has 9 heteroatoms. The minimum absolute atomic E-state index is 0.000378. The molecule has 0 atom stereocenters. The number of benzene rings is 3. The molecular weight excluding hydrogens is 603 g/mol. The standard InChI is InChI=1S/C38H29FO8/c1-22(2)35(40)44-20-19-27-11-9-26(10-12-27)13-18-30-32(46-37(42)24(5)6)21-31(34(33(30)39)47-38(43)25(7)8)28-14-16-29(17-15-28)45-36(41)23(3)4/h9-12,14-17,21H,1,3,5,7H2,2,4,6,8H3. The van der Waals surface area contributed by atoms with E-state index in [9.17, 15) is 19.2 Å². The van der Waals surface area contributed by atoms with Gasteiger partial charge < -0.3 is 18.9 Å². The van der Waals surface area contributed by atoms with E-state index in [2.05, 4.69) is 50.2 Å². The minimum atomic E-state index is -1.09. The second-order valence-corrected chi connectivity index (χ2v) is 10.2. The topological polar surface area (TPSA) is 105 Å². The Bertz CT molecular complexity index is 1960. The van der Waals surface area contributed by atoms with Gasteiger partial charge in [0.25, 0.3) is 0 Å². The molecule has 0 aliphatic rings. The summed E-state index contributed by atoms with van der Waals surface area (Å²) in [5, 5.41) is 0. The van der Waals surface area contributed by atoms with E-state index in [1.165, 1.54) is 58.0 Å². The third kappa shape index (κ3) is 9.52. The number of rotatable bonds is 8. The van der Waals surface area contributed by atoms with Gasteiger partial charge in [-0.15, -0.1) is 0 Å². The van der Waals surface area contributed by atoms with Gasteiger partial charge in [-0.25, -0.2) is 23.6 Å². The van der Waals surface area contributed by atoms with Gasteiger partial charge >= 0.3 is 23.9 Å². The Kier molecular flexibility index (Phi) is 11.6. The lowest BCUT2D eigenvalue weighted by Crippen LogP contribution is -2.13.